The van der Waals surface area contributed by atoms with Crippen LogP contribution in [0.4, 0.5) is 11.4 Å². The Bertz CT molecular complexity index is 1060. The van der Waals surface area contributed by atoms with E-state index in [9.17, 15) is 18.0 Å². The SMILES string of the molecule is COC(=O)c1ccccc1NC(=O)C1CCN(S(C)(=O)=O)c2cc(Cl)ccc2O1. The van der Waals surface area contributed by atoms with Crippen LogP contribution in [0, 0.1) is 0 Å². The zero-order valence-corrected chi connectivity index (χ0v) is 17.3. The van der Waals surface area contributed by atoms with E-state index in [1.165, 1.54) is 25.3 Å². The number of fused-ring (bicyclic) bond motifs is 1. The standard InChI is InChI=1S/C19H19ClN2O6S/c1-27-19(24)13-5-3-4-6-14(13)21-18(23)17-9-10-22(29(2,25)26)15-11-12(20)7-8-16(15)28-17/h3-8,11,17H,9-10H2,1-2H3,(H,21,23). The van der Waals surface area contributed by atoms with Crippen molar-refractivity contribution in [1.82, 2.24) is 0 Å². The van der Waals surface area contributed by atoms with Gasteiger partial charge in [-0.1, -0.05) is 23.7 Å². The molecular weight excluding hydrogens is 420 g/mol. The Balaban J connectivity index is 1.89. The summed E-state index contributed by atoms with van der Waals surface area (Å²) in [5.74, 6) is -0.887. The number of anilines is 2. The minimum Gasteiger partial charge on any atom is -0.478 e. The number of esters is 1. The first kappa shape index (κ1) is 20.9. The van der Waals surface area contributed by atoms with Gasteiger partial charge < -0.3 is 14.8 Å². The van der Waals surface area contributed by atoms with Crippen molar-refractivity contribution in [3.8, 4) is 5.75 Å². The van der Waals surface area contributed by atoms with Crippen LogP contribution >= 0.6 is 11.6 Å². The van der Waals surface area contributed by atoms with Crippen molar-refractivity contribution in [2.45, 2.75) is 12.5 Å². The van der Waals surface area contributed by atoms with E-state index in [0.717, 1.165) is 10.6 Å². The number of amides is 1. The molecule has 1 aliphatic heterocycles. The number of carbonyl (C=O) groups is 2. The van der Waals surface area contributed by atoms with Gasteiger partial charge in [0.25, 0.3) is 5.91 Å². The zero-order valence-electron chi connectivity index (χ0n) is 15.7. The monoisotopic (exact) mass is 438 g/mol. The van der Waals surface area contributed by atoms with Crippen molar-refractivity contribution in [3.05, 3.63) is 53.1 Å². The second-order valence-electron chi connectivity index (χ2n) is 6.37. The molecule has 0 fully saturated rings. The number of nitrogens with one attached hydrogen (secondary N) is 1. The molecule has 3 rings (SSSR count). The third-order valence-electron chi connectivity index (χ3n) is 4.34. The van der Waals surface area contributed by atoms with Crippen LogP contribution in [0.25, 0.3) is 0 Å². The number of sulfonamides is 1. The van der Waals surface area contributed by atoms with Gasteiger partial charge in [-0.2, -0.15) is 0 Å². The van der Waals surface area contributed by atoms with Crippen LogP contribution in [-0.4, -0.2) is 46.3 Å². The summed E-state index contributed by atoms with van der Waals surface area (Å²) in [4.78, 5) is 24.7. The predicted molar refractivity (Wildman–Crippen MR) is 109 cm³/mol. The summed E-state index contributed by atoms with van der Waals surface area (Å²) >= 11 is 6.01. The summed E-state index contributed by atoms with van der Waals surface area (Å²) in [6, 6.07) is 10.9. The topological polar surface area (TPSA) is 102 Å². The van der Waals surface area contributed by atoms with Gasteiger partial charge in [-0.25, -0.2) is 13.2 Å². The van der Waals surface area contributed by atoms with Gasteiger partial charge in [0, 0.05) is 18.0 Å². The largest absolute Gasteiger partial charge is 0.478 e. The Labute approximate surface area is 173 Å². The van der Waals surface area contributed by atoms with Crippen molar-refractivity contribution >= 4 is 44.9 Å². The van der Waals surface area contributed by atoms with Gasteiger partial charge in [-0.3, -0.25) is 9.10 Å². The quantitative estimate of drug-likeness (QED) is 0.736. The highest BCUT2D eigenvalue weighted by Crippen LogP contribution is 2.36. The average Bonchev–Trinajstić information content (AvgIpc) is 2.87. The Morgan fingerprint density at radius 2 is 1.97 bits per heavy atom. The Kier molecular flexibility index (Phi) is 5.99. The van der Waals surface area contributed by atoms with E-state index in [4.69, 9.17) is 21.1 Å². The summed E-state index contributed by atoms with van der Waals surface area (Å²) in [7, 11) is -2.36. The van der Waals surface area contributed by atoms with E-state index in [2.05, 4.69) is 5.32 Å². The smallest absolute Gasteiger partial charge is 0.339 e. The van der Waals surface area contributed by atoms with Gasteiger partial charge >= 0.3 is 5.97 Å². The molecule has 8 nitrogen and oxygen atoms in total. The third kappa shape index (κ3) is 4.63. The molecule has 0 spiro atoms. The van der Waals surface area contributed by atoms with Crippen molar-refractivity contribution in [1.29, 1.82) is 0 Å². The number of benzene rings is 2. The predicted octanol–water partition coefficient (Wildman–Crippen LogP) is 2.68. The van der Waals surface area contributed by atoms with E-state index in [1.54, 1.807) is 24.3 Å². The molecule has 2 aromatic rings. The molecule has 2 aromatic carbocycles. The lowest BCUT2D eigenvalue weighted by molar-refractivity contribution is -0.122. The molecule has 0 radical (unpaired) electrons. The number of rotatable bonds is 4. The lowest BCUT2D eigenvalue weighted by Crippen LogP contribution is -2.36. The summed E-state index contributed by atoms with van der Waals surface area (Å²) in [6.07, 6.45) is 0.198. The summed E-state index contributed by atoms with van der Waals surface area (Å²) < 4.78 is 36.1. The Morgan fingerprint density at radius 3 is 2.66 bits per heavy atom. The first-order chi connectivity index (χ1) is 13.7. The molecular formula is C19H19ClN2O6S. The second kappa shape index (κ2) is 8.30. The molecule has 0 aliphatic carbocycles. The summed E-state index contributed by atoms with van der Waals surface area (Å²) in [5, 5.41) is 3.00. The average molecular weight is 439 g/mol. The maximum atomic E-state index is 12.8. The molecule has 0 bridgehead atoms. The lowest BCUT2D eigenvalue weighted by Gasteiger charge is -2.21. The van der Waals surface area contributed by atoms with Crippen LogP contribution in [0.2, 0.25) is 5.02 Å². The molecule has 1 amide bonds. The molecule has 1 atom stereocenters. The van der Waals surface area contributed by atoms with Crippen molar-refractivity contribution in [2.24, 2.45) is 0 Å². The van der Waals surface area contributed by atoms with E-state index in [1.807, 2.05) is 0 Å². The number of methoxy groups -OCH3 is 1. The molecule has 0 aromatic heterocycles. The molecule has 29 heavy (non-hydrogen) atoms. The van der Waals surface area contributed by atoms with Crippen LogP contribution in [0.1, 0.15) is 16.8 Å². The van der Waals surface area contributed by atoms with Gasteiger partial charge in [0.2, 0.25) is 10.0 Å². The van der Waals surface area contributed by atoms with Gasteiger partial charge in [-0.15, -0.1) is 0 Å². The number of carbonyl (C=O) groups excluding carboxylic acids is 2. The number of nitrogens with zero attached hydrogens (tertiary/aromatic N) is 1. The van der Waals surface area contributed by atoms with Crippen LogP contribution in [0.5, 0.6) is 5.75 Å². The molecule has 1 aliphatic rings. The van der Waals surface area contributed by atoms with Gasteiger partial charge in [0.15, 0.2) is 6.10 Å². The number of hydrogen-bond acceptors (Lipinski definition) is 6. The Morgan fingerprint density at radius 1 is 1.24 bits per heavy atom. The third-order valence-corrected chi connectivity index (χ3v) is 5.75. The van der Waals surface area contributed by atoms with Crippen LogP contribution < -0.4 is 14.4 Å². The fraction of sp³-hybridized carbons (Fsp3) is 0.263. The van der Waals surface area contributed by atoms with E-state index in [-0.39, 0.29) is 35.7 Å². The maximum absolute atomic E-state index is 12.8. The van der Waals surface area contributed by atoms with E-state index in [0.29, 0.717) is 5.02 Å². The molecule has 1 N–H and O–H groups in total. The molecule has 154 valence electrons. The fourth-order valence-corrected chi connectivity index (χ4v) is 4.08. The Hall–Kier alpha value is -2.78. The van der Waals surface area contributed by atoms with E-state index >= 15 is 0 Å². The van der Waals surface area contributed by atoms with Gasteiger partial charge in [-0.05, 0) is 30.3 Å². The highest BCUT2D eigenvalue weighted by atomic mass is 35.5. The number of para-hydroxylation sites is 1. The molecule has 1 heterocycles. The summed E-state index contributed by atoms with van der Waals surface area (Å²) in [5.41, 5.74) is 0.737. The zero-order chi connectivity index (χ0) is 21.2. The molecule has 10 heteroatoms. The van der Waals surface area contributed by atoms with Gasteiger partial charge in [0.05, 0.1) is 30.3 Å². The van der Waals surface area contributed by atoms with Gasteiger partial charge in [0.1, 0.15) is 5.75 Å². The van der Waals surface area contributed by atoms with Crippen LogP contribution in [0.15, 0.2) is 42.5 Å². The highest BCUT2D eigenvalue weighted by molar-refractivity contribution is 7.92. The van der Waals surface area contributed by atoms with Crippen LogP contribution in [0.3, 0.4) is 0 Å². The number of hydrogen-bond donors (Lipinski definition) is 1. The molecule has 0 saturated heterocycles. The highest BCUT2D eigenvalue weighted by Gasteiger charge is 2.32. The first-order valence-corrected chi connectivity index (χ1v) is 10.9. The van der Waals surface area contributed by atoms with Crippen molar-refractivity contribution in [2.75, 3.05) is 29.5 Å². The fourth-order valence-electron chi connectivity index (χ4n) is 2.97. The molecule has 0 saturated carbocycles. The summed E-state index contributed by atoms with van der Waals surface area (Å²) in [6.45, 7) is 0.0307. The second-order valence-corrected chi connectivity index (χ2v) is 8.71. The van der Waals surface area contributed by atoms with Crippen molar-refractivity contribution < 1.29 is 27.5 Å². The number of ether oxygens (including phenoxy) is 2. The van der Waals surface area contributed by atoms with E-state index < -0.39 is 28.0 Å². The number of halogens is 1. The lowest BCUT2D eigenvalue weighted by atomic mass is 10.1. The maximum Gasteiger partial charge on any atom is 0.339 e. The minimum absolute atomic E-state index is 0.0307. The van der Waals surface area contributed by atoms with Crippen molar-refractivity contribution in [3.63, 3.8) is 0 Å². The first-order valence-electron chi connectivity index (χ1n) is 8.63. The molecule has 1 unspecified atom stereocenters. The normalized spacial score (nSPS) is 16.2. The minimum atomic E-state index is -3.61. The van der Waals surface area contributed by atoms with Crippen LogP contribution in [-0.2, 0) is 19.6 Å².